The number of aryl methyl sites for hydroxylation is 1. The summed E-state index contributed by atoms with van der Waals surface area (Å²) in [5, 5.41) is 10.2. The fourth-order valence-electron chi connectivity index (χ4n) is 1.47. The SMILES string of the molecule is CCOC(=O)C(O)c1cc(Cl)c(OC)cc1C. The van der Waals surface area contributed by atoms with Crippen LogP contribution in [-0.4, -0.2) is 24.8 Å². The molecule has 0 aromatic heterocycles. The minimum atomic E-state index is -1.32. The summed E-state index contributed by atoms with van der Waals surface area (Å²) in [6.07, 6.45) is -1.32. The Morgan fingerprint density at radius 1 is 1.53 bits per heavy atom. The zero-order valence-electron chi connectivity index (χ0n) is 9.99. The fourth-order valence-corrected chi connectivity index (χ4v) is 1.72. The van der Waals surface area contributed by atoms with Gasteiger partial charge in [0.2, 0.25) is 0 Å². The predicted molar refractivity (Wildman–Crippen MR) is 64.3 cm³/mol. The van der Waals surface area contributed by atoms with E-state index in [9.17, 15) is 9.90 Å². The second-order valence-corrected chi connectivity index (χ2v) is 3.91. The van der Waals surface area contributed by atoms with Gasteiger partial charge in [0, 0.05) is 0 Å². The average Bonchev–Trinajstić information content (AvgIpc) is 2.31. The van der Waals surface area contributed by atoms with Gasteiger partial charge in [-0.3, -0.25) is 0 Å². The van der Waals surface area contributed by atoms with E-state index < -0.39 is 12.1 Å². The van der Waals surface area contributed by atoms with Gasteiger partial charge in [-0.2, -0.15) is 0 Å². The van der Waals surface area contributed by atoms with Gasteiger partial charge in [0.25, 0.3) is 0 Å². The van der Waals surface area contributed by atoms with Crippen molar-refractivity contribution in [2.45, 2.75) is 20.0 Å². The van der Waals surface area contributed by atoms with Crippen LogP contribution in [0.15, 0.2) is 12.1 Å². The maximum Gasteiger partial charge on any atom is 0.339 e. The molecule has 0 amide bonds. The van der Waals surface area contributed by atoms with E-state index in [1.807, 2.05) is 0 Å². The molecule has 0 spiro atoms. The zero-order valence-corrected chi connectivity index (χ0v) is 10.7. The van der Waals surface area contributed by atoms with Crippen LogP contribution in [0.3, 0.4) is 0 Å². The first-order valence-electron chi connectivity index (χ1n) is 5.20. The molecule has 0 fully saturated rings. The molecule has 17 heavy (non-hydrogen) atoms. The molecule has 1 aromatic rings. The van der Waals surface area contributed by atoms with Crippen LogP contribution in [0.4, 0.5) is 0 Å². The van der Waals surface area contributed by atoms with Gasteiger partial charge in [-0.1, -0.05) is 11.6 Å². The van der Waals surface area contributed by atoms with Crippen LogP contribution in [0.1, 0.15) is 24.2 Å². The van der Waals surface area contributed by atoms with Gasteiger partial charge in [-0.25, -0.2) is 4.79 Å². The number of benzene rings is 1. The highest BCUT2D eigenvalue weighted by Crippen LogP contribution is 2.31. The lowest BCUT2D eigenvalue weighted by Crippen LogP contribution is -2.16. The third kappa shape index (κ3) is 3.11. The standard InChI is InChI=1S/C12H15ClO4/c1-4-17-12(15)11(14)8-6-9(13)10(16-3)5-7(8)2/h5-6,11,14H,4H2,1-3H3. The molecule has 1 N–H and O–H groups in total. The molecular weight excluding hydrogens is 244 g/mol. The van der Waals surface area contributed by atoms with E-state index in [4.69, 9.17) is 21.1 Å². The Kier molecular flexibility index (Phi) is 4.78. The summed E-state index contributed by atoms with van der Waals surface area (Å²) in [4.78, 5) is 11.4. The van der Waals surface area contributed by atoms with E-state index in [0.29, 0.717) is 21.9 Å². The van der Waals surface area contributed by atoms with Crippen molar-refractivity contribution in [3.8, 4) is 5.75 Å². The van der Waals surface area contributed by atoms with Crippen LogP contribution in [0.5, 0.6) is 5.75 Å². The zero-order chi connectivity index (χ0) is 13.0. The summed E-state index contributed by atoms with van der Waals surface area (Å²) < 4.78 is 9.78. The Morgan fingerprint density at radius 3 is 2.71 bits per heavy atom. The monoisotopic (exact) mass is 258 g/mol. The molecule has 0 bridgehead atoms. The minimum Gasteiger partial charge on any atom is -0.495 e. The molecule has 0 heterocycles. The molecule has 0 aliphatic carbocycles. The van der Waals surface area contributed by atoms with Gasteiger partial charge in [-0.15, -0.1) is 0 Å². The second kappa shape index (κ2) is 5.89. The first kappa shape index (κ1) is 13.8. The molecule has 1 unspecified atom stereocenters. The van der Waals surface area contributed by atoms with Crippen LogP contribution < -0.4 is 4.74 Å². The third-order valence-electron chi connectivity index (χ3n) is 2.34. The summed E-state index contributed by atoms with van der Waals surface area (Å²) in [6.45, 7) is 3.66. The number of esters is 1. The van der Waals surface area contributed by atoms with Crippen molar-refractivity contribution in [3.05, 3.63) is 28.3 Å². The van der Waals surface area contributed by atoms with Crippen LogP contribution >= 0.6 is 11.6 Å². The average molecular weight is 259 g/mol. The van der Waals surface area contributed by atoms with E-state index in [2.05, 4.69) is 0 Å². The van der Waals surface area contributed by atoms with Crippen molar-refractivity contribution in [2.75, 3.05) is 13.7 Å². The Labute approximate surface area is 105 Å². The molecule has 1 aromatic carbocycles. The van der Waals surface area contributed by atoms with E-state index >= 15 is 0 Å². The van der Waals surface area contributed by atoms with Crippen LogP contribution in [-0.2, 0) is 9.53 Å². The Bertz CT molecular complexity index is 417. The van der Waals surface area contributed by atoms with Gasteiger partial charge >= 0.3 is 5.97 Å². The maximum atomic E-state index is 11.4. The van der Waals surface area contributed by atoms with Crippen LogP contribution in [0.25, 0.3) is 0 Å². The van der Waals surface area contributed by atoms with Crippen LogP contribution in [0.2, 0.25) is 5.02 Å². The molecule has 94 valence electrons. The van der Waals surface area contributed by atoms with Gasteiger partial charge < -0.3 is 14.6 Å². The predicted octanol–water partition coefficient (Wildman–Crippen LogP) is 2.25. The van der Waals surface area contributed by atoms with Gasteiger partial charge in [0.05, 0.1) is 18.7 Å². The summed E-state index contributed by atoms with van der Waals surface area (Å²) >= 11 is 5.94. The van der Waals surface area contributed by atoms with E-state index in [-0.39, 0.29) is 6.61 Å². The second-order valence-electron chi connectivity index (χ2n) is 3.50. The molecule has 5 heteroatoms. The maximum absolute atomic E-state index is 11.4. The molecule has 1 atom stereocenters. The van der Waals surface area contributed by atoms with Crippen molar-refractivity contribution in [2.24, 2.45) is 0 Å². The lowest BCUT2D eigenvalue weighted by Gasteiger charge is -2.14. The molecule has 0 aliphatic heterocycles. The first-order valence-corrected chi connectivity index (χ1v) is 5.57. The first-order chi connectivity index (χ1) is 8.01. The number of hydrogen-bond acceptors (Lipinski definition) is 4. The number of aliphatic hydroxyl groups is 1. The number of aliphatic hydroxyl groups excluding tert-OH is 1. The topological polar surface area (TPSA) is 55.8 Å². The normalized spacial score (nSPS) is 12.1. The molecule has 0 aliphatic rings. The lowest BCUT2D eigenvalue weighted by molar-refractivity contribution is -0.153. The number of methoxy groups -OCH3 is 1. The van der Waals surface area contributed by atoms with Gasteiger partial charge in [0.15, 0.2) is 6.10 Å². The Balaban J connectivity index is 3.06. The van der Waals surface area contributed by atoms with Crippen molar-refractivity contribution in [1.82, 2.24) is 0 Å². The largest absolute Gasteiger partial charge is 0.495 e. The van der Waals surface area contributed by atoms with Crippen molar-refractivity contribution < 1.29 is 19.4 Å². The molecular formula is C12H15ClO4. The highest BCUT2D eigenvalue weighted by atomic mass is 35.5. The number of carbonyl (C=O) groups excluding carboxylic acids is 1. The molecule has 0 saturated heterocycles. The highest BCUT2D eigenvalue weighted by molar-refractivity contribution is 6.32. The summed E-state index contributed by atoms with van der Waals surface area (Å²) in [5.41, 5.74) is 1.14. The Morgan fingerprint density at radius 2 is 2.18 bits per heavy atom. The van der Waals surface area contributed by atoms with E-state index in [1.165, 1.54) is 13.2 Å². The van der Waals surface area contributed by atoms with E-state index in [0.717, 1.165) is 0 Å². The third-order valence-corrected chi connectivity index (χ3v) is 2.64. The highest BCUT2D eigenvalue weighted by Gasteiger charge is 2.21. The number of halogens is 1. The fraction of sp³-hybridized carbons (Fsp3) is 0.417. The Hall–Kier alpha value is -1.26. The minimum absolute atomic E-state index is 0.221. The number of ether oxygens (including phenoxy) is 2. The smallest absolute Gasteiger partial charge is 0.339 e. The van der Waals surface area contributed by atoms with Gasteiger partial charge in [-0.05, 0) is 37.1 Å². The van der Waals surface area contributed by atoms with Crippen molar-refractivity contribution >= 4 is 17.6 Å². The molecule has 1 rings (SSSR count). The van der Waals surface area contributed by atoms with Gasteiger partial charge in [0.1, 0.15) is 5.75 Å². The molecule has 0 radical (unpaired) electrons. The number of rotatable bonds is 4. The number of hydrogen-bond donors (Lipinski definition) is 1. The summed E-state index contributed by atoms with van der Waals surface area (Å²) in [7, 11) is 1.50. The van der Waals surface area contributed by atoms with Crippen molar-refractivity contribution in [3.63, 3.8) is 0 Å². The lowest BCUT2D eigenvalue weighted by atomic mass is 10.0. The van der Waals surface area contributed by atoms with Crippen molar-refractivity contribution in [1.29, 1.82) is 0 Å². The van der Waals surface area contributed by atoms with E-state index in [1.54, 1.807) is 19.9 Å². The van der Waals surface area contributed by atoms with Crippen LogP contribution in [0, 0.1) is 6.92 Å². The quantitative estimate of drug-likeness (QED) is 0.842. The molecule has 4 nitrogen and oxygen atoms in total. The summed E-state index contributed by atoms with van der Waals surface area (Å²) in [5.74, 6) is -0.180. The number of carbonyl (C=O) groups is 1. The summed E-state index contributed by atoms with van der Waals surface area (Å²) in [6, 6.07) is 3.18. The molecule has 0 saturated carbocycles.